The summed E-state index contributed by atoms with van der Waals surface area (Å²) in [6.07, 6.45) is -0.794. The van der Waals surface area contributed by atoms with Crippen molar-refractivity contribution in [2.75, 3.05) is 0 Å². The van der Waals surface area contributed by atoms with Crippen molar-refractivity contribution in [3.63, 3.8) is 0 Å². The van der Waals surface area contributed by atoms with Crippen LogP contribution in [0.3, 0.4) is 0 Å². The molecule has 0 bridgehead atoms. The molecule has 0 radical (unpaired) electrons. The second kappa shape index (κ2) is 6.06. The molecule has 1 atom stereocenters. The summed E-state index contributed by atoms with van der Waals surface area (Å²) in [6.45, 7) is 4.39. The number of halogens is 1. The number of carboxylic acid groups (broad SMARTS) is 1. The molecule has 6 heteroatoms. The van der Waals surface area contributed by atoms with Crippen molar-refractivity contribution in [2.45, 2.75) is 32.4 Å². The Hall–Kier alpha value is -1.56. The molecule has 0 spiro atoms. The van der Waals surface area contributed by atoms with Crippen LogP contribution in [0, 0.1) is 0 Å². The van der Waals surface area contributed by atoms with Gasteiger partial charge in [-0.1, -0.05) is 12.1 Å². The van der Waals surface area contributed by atoms with E-state index in [1.54, 1.807) is 25.1 Å². The molecule has 0 aliphatic rings. The summed E-state index contributed by atoms with van der Waals surface area (Å²) in [5.74, 6) is -1.06. The average molecular weight is 330 g/mol. The first-order chi connectivity index (χ1) is 8.74. The van der Waals surface area contributed by atoms with Gasteiger partial charge in [0, 0.05) is 0 Å². The first kappa shape index (κ1) is 15.5. The van der Waals surface area contributed by atoms with Gasteiger partial charge in [0.15, 0.2) is 6.10 Å². The Balaban J connectivity index is 2.69. The maximum absolute atomic E-state index is 11.9. The third-order valence-electron chi connectivity index (χ3n) is 2.48. The number of nitrogens with one attached hydrogen (secondary N) is 1. The van der Waals surface area contributed by atoms with Gasteiger partial charge in [-0.3, -0.25) is 4.79 Å². The van der Waals surface area contributed by atoms with E-state index in [1.165, 1.54) is 13.8 Å². The van der Waals surface area contributed by atoms with Crippen molar-refractivity contribution in [2.24, 2.45) is 0 Å². The van der Waals surface area contributed by atoms with Crippen LogP contribution >= 0.6 is 15.9 Å². The number of para-hydroxylation sites is 1. The van der Waals surface area contributed by atoms with Gasteiger partial charge in [-0.25, -0.2) is 4.79 Å². The number of amides is 1. The summed E-state index contributed by atoms with van der Waals surface area (Å²) >= 11 is 3.31. The highest BCUT2D eigenvalue weighted by molar-refractivity contribution is 9.10. The molecule has 1 aromatic rings. The molecule has 1 rings (SSSR count). The topological polar surface area (TPSA) is 75.6 Å². The standard InChI is InChI=1S/C13H16BrNO4/c1-8(11(16)15-13(2,3)12(17)18)19-10-7-5-4-6-9(10)14/h4-8H,1-3H3,(H,15,16)(H,17,18). The van der Waals surface area contributed by atoms with Crippen molar-refractivity contribution in [3.05, 3.63) is 28.7 Å². The van der Waals surface area contributed by atoms with Crippen LogP contribution in [0.2, 0.25) is 0 Å². The second-order valence-electron chi connectivity index (χ2n) is 4.61. The van der Waals surface area contributed by atoms with E-state index in [2.05, 4.69) is 21.2 Å². The summed E-state index contributed by atoms with van der Waals surface area (Å²) < 4.78 is 6.21. The number of carbonyl (C=O) groups excluding carboxylic acids is 1. The van der Waals surface area contributed by atoms with E-state index >= 15 is 0 Å². The Bertz CT molecular complexity index is 487. The lowest BCUT2D eigenvalue weighted by atomic mass is 10.1. The minimum atomic E-state index is -1.33. The van der Waals surface area contributed by atoms with Crippen LogP contribution < -0.4 is 10.1 Å². The summed E-state index contributed by atoms with van der Waals surface area (Å²) in [4.78, 5) is 22.8. The molecule has 0 heterocycles. The Morgan fingerprint density at radius 2 is 1.95 bits per heavy atom. The Labute approximate surface area is 120 Å². The third-order valence-corrected chi connectivity index (χ3v) is 3.14. The molecule has 0 saturated carbocycles. The Morgan fingerprint density at radius 1 is 1.37 bits per heavy atom. The zero-order chi connectivity index (χ0) is 14.6. The summed E-state index contributed by atoms with van der Waals surface area (Å²) in [5.41, 5.74) is -1.33. The first-order valence-electron chi connectivity index (χ1n) is 5.70. The van der Waals surface area contributed by atoms with Gasteiger partial charge < -0.3 is 15.2 Å². The summed E-state index contributed by atoms with van der Waals surface area (Å²) in [7, 11) is 0. The molecule has 0 fully saturated rings. The molecule has 1 aromatic carbocycles. The molecule has 0 aliphatic carbocycles. The quantitative estimate of drug-likeness (QED) is 0.868. The van der Waals surface area contributed by atoms with Gasteiger partial charge >= 0.3 is 5.97 Å². The first-order valence-corrected chi connectivity index (χ1v) is 6.50. The molecule has 104 valence electrons. The molecule has 19 heavy (non-hydrogen) atoms. The van der Waals surface area contributed by atoms with Crippen molar-refractivity contribution < 1.29 is 19.4 Å². The molecule has 0 saturated heterocycles. The van der Waals surface area contributed by atoms with E-state index in [9.17, 15) is 9.59 Å². The number of rotatable bonds is 5. The number of carbonyl (C=O) groups is 2. The zero-order valence-electron chi connectivity index (χ0n) is 10.9. The SMILES string of the molecule is CC(Oc1ccccc1Br)C(=O)NC(C)(C)C(=O)O. The number of benzene rings is 1. The highest BCUT2D eigenvalue weighted by atomic mass is 79.9. The molecular formula is C13H16BrNO4. The Kier molecular flexibility index (Phi) is 4.94. The van der Waals surface area contributed by atoms with E-state index in [1.807, 2.05) is 6.07 Å². The van der Waals surface area contributed by atoms with Crippen LogP contribution in [0.5, 0.6) is 5.75 Å². The molecule has 1 unspecified atom stereocenters. The monoisotopic (exact) mass is 329 g/mol. The fourth-order valence-electron chi connectivity index (χ4n) is 1.25. The van der Waals surface area contributed by atoms with Crippen LogP contribution in [-0.2, 0) is 9.59 Å². The largest absolute Gasteiger partial charge is 0.480 e. The van der Waals surface area contributed by atoms with Crippen molar-refractivity contribution in [1.29, 1.82) is 0 Å². The minimum absolute atomic E-state index is 0.483. The van der Waals surface area contributed by atoms with Crippen molar-refractivity contribution in [3.8, 4) is 5.75 Å². The molecule has 5 nitrogen and oxygen atoms in total. The fourth-order valence-corrected chi connectivity index (χ4v) is 1.63. The summed E-state index contributed by atoms with van der Waals surface area (Å²) in [6, 6.07) is 7.12. The minimum Gasteiger partial charge on any atom is -0.480 e. The van der Waals surface area contributed by atoms with E-state index in [0.29, 0.717) is 5.75 Å². The van der Waals surface area contributed by atoms with Gasteiger partial charge in [0.1, 0.15) is 11.3 Å². The smallest absolute Gasteiger partial charge is 0.328 e. The van der Waals surface area contributed by atoms with Gasteiger partial charge in [0.05, 0.1) is 4.47 Å². The molecular weight excluding hydrogens is 314 g/mol. The number of aliphatic carboxylic acids is 1. The maximum Gasteiger partial charge on any atom is 0.328 e. The predicted molar refractivity (Wildman–Crippen MR) is 74.1 cm³/mol. The maximum atomic E-state index is 11.9. The van der Waals surface area contributed by atoms with Crippen LogP contribution in [0.4, 0.5) is 0 Å². The number of hydrogen-bond donors (Lipinski definition) is 2. The number of ether oxygens (including phenoxy) is 1. The second-order valence-corrected chi connectivity index (χ2v) is 5.46. The number of hydrogen-bond acceptors (Lipinski definition) is 3. The normalized spacial score (nSPS) is 12.6. The third kappa shape index (κ3) is 4.24. The zero-order valence-corrected chi connectivity index (χ0v) is 12.5. The van der Waals surface area contributed by atoms with Gasteiger partial charge in [-0.2, -0.15) is 0 Å². The predicted octanol–water partition coefficient (Wildman–Crippen LogP) is 2.20. The van der Waals surface area contributed by atoms with E-state index < -0.39 is 23.5 Å². The molecule has 2 N–H and O–H groups in total. The lowest BCUT2D eigenvalue weighted by molar-refractivity contribution is -0.147. The fraction of sp³-hybridized carbons (Fsp3) is 0.385. The lowest BCUT2D eigenvalue weighted by Crippen LogP contribution is -2.53. The van der Waals surface area contributed by atoms with Gasteiger partial charge in [0.2, 0.25) is 0 Å². The lowest BCUT2D eigenvalue weighted by Gasteiger charge is -2.24. The Morgan fingerprint density at radius 3 is 2.47 bits per heavy atom. The van der Waals surface area contributed by atoms with Gasteiger partial charge in [0.25, 0.3) is 5.91 Å². The molecule has 1 amide bonds. The highest BCUT2D eigenvalue weighted by Gasteiger charge is 2.31. The van der Waals surface area contributed by atoms with E-state index in [4.69, 9.17) is 9.84 Å². The van der Waals surface area contributed by atoms with Crippen molar-refractivity contribution >= 4 is 27.8 Å². The summed E-state index contributed by atoms with van der Waals surface area (Å²) in [5, 5.41) is 11.4. The number of carboxylic acids is 1. The molecule has 0 aromatic heterocycles. The highest BCUT2D eigenvalue weighted by Crippen LogP contribution is 2.24. The van der Waals surface area contributed by atoms with Crippen LogP contribution in [0.1, 0.15) is 20.8 Å². The van der Waals surface area contributed by atoms with Gasteiger partial charge in [-0.05, 0) is 48.8 Å². The average Bonchev–Trinajstić information content (AvgIpc) is 2.31. The van der Waals surface area contributed by atoms with Crippen LogP contribution in [-0.4, -0.2) is 28.6 Å². The molecule has 0 aliphatic heterocycles. The van der Waals surface area contributed by atoms with Crippen LogP contribution in [0.15, 0.2) is 28.7 Å². The van der Waals surface area contributed by atoms with Crippen molar-refractivity contribution in [1.82, 2.24) is 5.32 Å². The van der Waals surface area contributed by atoms with Gasteiger partial charge in [-0.15, -0.1) is 0 Å². The van der Waals surface area contributed by atoms with Crippen LogP contribution in [0.25, 0.3) is 0 Å². The van der Waals surface area contributed by atoms with E-state index in [0.717, 1.165) is 4.47 Å². The van der Waals surface area contributed by atoms with E-state index in [-0.39, 0.29) is 0 Å².